The van der Waals surface area contributed by atoms with E-state index in [-0.39, 0.29) is 11.9 Å². The number of carbonyl (C=O) groups is 1. The standard InChI is InChI=1S/C28H30F3N3O/c1-33(27(35)25-9-5-6-16-32-25)26(19-21-7-3-2-4-8-21)23-14-17-34(18-15-23)20-22-10-12-24(13-11-22)28(29,30)31/h2-13,16,23,26H,14-15,17-20H2,1H3/t26-/m1/s1. The Kier molecular flexibility index (Phi) is 7.86. The zero-order valence-corrected chi connectivity index (χ0v) is 19.8. The van der Waals surface area contributed by atoms with Gasteiger partial charge in [0.2, 0.25) is 0 Å². The molecule has 0 bridgehead atoms. The molecule has 1 fully saturated rings. The number of halogens is 3. The first-order valence-corrected chi connectivity index (χ1v) is 11.9. The first-order chi connectivity index (χ1) is 16.8. The van der Waals surface area contributed by atoms with Gasteiger partial charge in [0, 0.05) is 25.8 Å². The highest BCUT2D eigenvalue weighted by atomic mass is 19.4. The zero-order chi connectivity index (χ0) is 24.8. The van der Waals surface area contributed by atoms with E-state index in [4.69, 9.17) is 0 Å². The third kappa shape index (κ3) is 6.48. The van der Waals surface area contributed by atoms with Crippen LogP contribution < -0.4 is 0 Å². The molecule has 1 aromatic heterocycles. The van der Waals surface area contributed by atoms with Gasteiger partial charge in [0.05, 0.1) is 5.56 Å². The molecule has 3 aromatic rings. The molecule has 0 aliphatic carbocycles. The number of hydrogen-bond acceptors (Lipinski definition) is 3. The monoisotopic (exact) mass is 481 g/mol. The van der Waals surface area contributed by atoms with E-state index in [0.717, 1.165) is 50.0 Å². The number of aromatic nitrogens is 1. The fraction of sp³-hybridized carbons (Fsp3) is 0.357. The van der Waals surface area contributed by atoms with Crippen molar-refractivity contribution in [2.45, 2.75) is 38.0 Å². The lowest BCUT2D eigenvalue weighted by atomic mass is 9.84. The summed E-state index contributed by atoms with van der Waals surface area (Å²) in [6, 6.07) is 21.0. The Morgan fingerprint density at radius 2 is 1.63 bits per heavy atom. The average molecular weight is 482 g/mol. The van der Waals surface area contributed by atoms with Crippen LogP contribution in [0.1, 0.15) is 40.0 Å². The molecule has 0 N–H and O–H groups in total. The Hall–Kier alpha value is -3.19. The normalized spacial score (nSPS) is 16.1. The Bertz CT molecular complexity index is 1080. The van der Waals surface area contributed by atoms with E-state index in [0.29, 0.717) is 18.2 Å². The number of likely N-dealkylation sites (tertiary alicyclic amines) is 1. The van der Waals surface area contributed by atoms with Crippen LogP contribution in [-0.4, -0.2) is 46.9 Å². The maximum Gasteiger partial charge on any atom is 0.416 e. The van der Waals surface area contributed by atoms with Gasteiger partial charge in [0.1, 0.15) is 5.69 Å². The quantitative estimate of drug-likeness (QED) is 0.435. The number of rotatable bonds is 7. The van der Waals surface area contributed by atoms with Crippen LogP contribution in [0.5, 0.6) is 0 Å². The van der Waals surface area contributed by atoms with Gasteiger partial charge in [-0.15, -0.1) is 0 Å². The first-order valence-electron chi connectivity index (χ1n) is 11.9. The Balaban J connectivity index is 1.42. The maximum atomic E-state index is 13.2. The van der Waals surface area contributed by atoms with E-state index in [2.05, 4.69) is 22.0 Å². The van der Waals surface area contributed by atoms with Crippen molar-refractivity contribution >= 4 is 5.91 Å². The van der Waals surface area contributed by atoms with Crippen LogP contribution in [0.25, 0.3) is 0 Å². The van der Waals surface area contributed by atoms with Gasteiger partial charge in [-0.25, -0.2) is 0 Å². The topological polar surface area (TPSA) is 36.4 Å². The van der Waals surface area contributed by atoms with E-state index in [1.165, 1.54) is 5.56 Å². The number of hydrogen-bond donors (Lipinski definition) is 0. The molecule has 1 amide bonds. The molecule has 184 valence electrons. The van der Waals surface area contributed by atoms with Crippen molar-refractivity contribution in [2.24, 2.45) is 5.92 Å². The maximum absolute atomic E-state index is 13.2. The molecular weight excluding hydrogens is 451 g/mol. The van der Waals surface area contributed by atoms with Crippen LogP contribution >= 0.6 is 0 Å². The molecular formula is C28H30F3N3O. The summed E-state index contributed by atoms with van der Waals surface area (Å²) in [5, 5.41) is 0. The van der Waals surface area contributed by atoms with E-state index < -0.39 is 11.7 Å². The first kappa shape index (κ1) is 24.9. The number of piperidine rings is 1. The minimum Gasteiger partial charge on any atom is -0.337 e. The highest BCUT2D eigenvalue weighted by molar-refractivity contribution is 5.92. The minimum absolute atomic E-state index is 0.0279. The van der Waals surface area contributed by atoms with Crippen molar-refractivity contribution in [1.82, 2.24) is 14.8 Å². The molecule has 2 aromatic carbocycles. The summed E-state index contributed by atoms with van der Waals surface area (Å²) in [4.78, 5) is 21.6. The molecule has 1 atom stereocenters. The van der Waals surface area contributed by atoms with E-state index >= 15 is 0 Å². The fourth-order valence-electron chi connectivity index (χ4n) is 4.85. The van der Waals surface area contributed by atoms with Crippen LogP contribution in [0.15, 0.2) is 79.0 Å². The molecule has 0 saturated carbocycles. The number of likely N-dealkylation sites (N-methyl/N-ethyl adjacent to an activating group) is 1. The zero-order valence-electron chi connectivity index (χ0n) is 19.8. The smallest absolute Gasteiger partial charge is 0.337 e. The minimum atomic E-state index is -4.32. The van der Waals surface area contributed by atoms with Crippen LogP contribution in [-0.2, 0) is 19.1 Å². The summed E-state index contributed by atoms with van der Waals surface area (Å²) in [7, 11) is 1.86. The lowest BCUT2D eigenvalue weighted by molar-refractivity contribution is -0.137. The van der Waals surface area contributed by atoms with Crippen LogP contribution in [0.4, 0.5) is 13.2 Å². The van der Waals surface area contributed by atoms with Crippen LogP contribution in [0.2, 0.25) is 0 Å². The number of pyridine rings is 1. The summed E-state index contributed by atoms with van der Waals surface area (Å²) in [5.41, 5.74) is 1.88. The van der Waals surface area contributed by atoms with Gasteiger partial charge >= 0.3 is 6.18 Å². The van der Waals surface area contributed by atoms with E-state index in [9.17, 15) is 18.0 Å². The van der Waals surface area contributed by atoms with E-state index in [1.807, 2.05) is 36.2 Å². The van der Waals surface area contributed by atoms with Crippen molar-refractivity contribution < 1.29 is 18.0 Å². The molecule has 1 saturated heterocycles. The van der Waals surface area contributed by atoms with Gasteiger partial charge < -0.3 is 4.90 Å². The van der Waals surface area contributed by atoms with Gasteiger partial charge in [-0.3, -0.25) is 14.7 Å². The van der Waals surface area contributed by atoms with Crippen molar-refractivity contribution in [3.63, 3.8) is 0 Å². The molecule has 1 aliphatic heterocycles. The molecule has 7 heteroatoms. The Labute approximate surface area is 204 Å². The van der Waals surface area contributed by atoms with Gasteiger partial charge in [0.15, 0.2) is 0 Å². The predicted octanol–water partition coefficient (Wildman–Crippen LogP) is 5.70. The summed E-state index contributed by atoms with van der Waals surface area (Å²) < 4.78 is 38.5. The average Bonchev–Trinajstić information content (AvgIpc) is 2.88. The second-order valence-corrected chi connectivity index (χ2v) is 9.20. The lowest BCUT2D eigenvalue weighted by Crippen LogP contribution is -2.47. The van der Waals surface area contributed by atoms with Gasteiger partial charge in [-0.1, -0.05) is 48.5 Å². The highest BCUT2D eigenvalue weighted by Gasteiger charge is 2.33. The molecule has 35 heavy (non-hydrogen) atoms. The van der Waals surface area contributed by atoms with Crippen molar-refractivity contribution in [1.29, 1.82) is 0 Å². The number of nitrogens with zero attached hydrogens (tertiary/aromatic N) is 3. The molecule has 0 unspecified atom stereocenters. The molecule has 2 heterocycles. The van der Waals surface area contributed by atoms with Crippen LogP contribution in [0.3, 0.4) is 0 Å². The largest absolute Gasteiger partial charge is 0.416 e. The van der Waals surface area contributed by atoms with Gasteiger partial charge in [-0.05, 0) is 73.7 Å². The summed E-state index contributed by atoms with van der Waals surface area (Å²) in [6.45, 7) is 2.29. The Morgan fingerprint density at radius 3 is 2.23 bits per heavy atom. The number of alkyl halides is 3. The van der Waals surface area contributed by atoms with E-state index in [1.54, 1.807) is 30.5 Å². The molecule has 0 radical (unpaired) electrons. The SMILES string of the molecule is CN(C(=O)c1ccccn1)[C@H](Cc1ccccc1)C1CCN(Cc2ccc(C(F)(F)F)cc2)CC1. The number of carbonyl (C=O) groups excluding carboxylic acids is 1. The van der Waals surface area contributed by atoms with Crippen LogP contribution in [0, 0.1) is 5.92 Å². The van der Waals surface area contributed by atoms with Crippen molar-refractivity contribution in [3.05, 3.63) is 101 Å². The molecule has 0 spiro atoms. The van der Waals surface area contributed by atoms with Crippen molar-refractivity contribution in [3.8, 4) is 0 Å². The van der Waals surface area contributed by atoms with Gasteiger partial charge in [0.25, 0.3) is 5.91 Å². The third-order valence-corrected chi connectivity index (χ3v) is 6.85. The summed E-state index contributed by atoms with van der Waals surface area (Å²) in [6.07, 6.45) is -0.0915. The predicted molar refractivity (Wildman–Crippen MR) is 130 cm³/mol. The number of benzene rings is 2. The number of amides is 1. The van der Waals surface area contributed by atoms with Crippen molar-refractivity contribution in [2.75, 3.05) is 20.1 Å². The Morgan fingerprint density at radius 1 is 0.971 bits per heavy atom. The second kappa shape index (κ2) is 11.0. The molecule has 1 aliphatic rings. The summed E-state index contributed by atoms with van der Waals surface area (Å²) in [5.74, 6) is 0.232. The molecule has 4 nitrogen and oxygen atoms in total. The third-order valence-electron chi connectivity index (χ3n) is 6.85. The fourth-order valence-corrected chi connectivity index (χ4v) is 4.85. The summed E-state index contributed by atoms with van der Waals surface area (Å²) >= 11 is 0. The molecule has 4 rings (SSSR count). The lowest BCUT2D eigenvalue weighted by Gasteiger charge is -2.40. The van der Waals surface area contributed by atoms with Gasteiger partial charge in [-0.2, -0.15) is 13.2 Å². The second-order valence-electron chi connectivity index (χ2n) is 9.20. The highest BCUT2D eigenvalue weighted by Crippen LogP contribution is 2.30.